The maximum Gasteiger partial charge on any atom is 0.277 e. The van der Waals surface area contributed by atoms with E-state index in [-0.39, 0.29) is 30.0 Å². The molecule has 146 valence electrons. The molecule has 3 aromatic rings. The van der Waals surface area contributed by atoms with Crippen molar-refractivity contribution in [3.8, 4) is 5.69 Å². The molecule has 2 aromatic heterocycles. The summed E-state index contributed by atoms with van der Waals surface area (Å²) in [6, 6.07) is 8.68. The van der Waals surface area contributed by atoms with E-state index in [9.17, 15) is 14.4 Å². The van der Waals surface area contributed by atoms with Gasteiger partial charge in [0.1, 0.15) is 6.04 Å². The topological polar surface area (TPSA) is 110 Å². The summed E-state index contributed by atoms with van der Waals surface area (Å²) in [4.78, 5) is 42.8. The highest BCUT2D eigenvalue weighted by atomic mass is 16.2. The number of amides is 3. The second-order valence-electron chi connectivity index (χ2n) is 7.39. The average molecular weight is 390 g/mol. The van der Waals surface area contributed by atoms with E-state index >= 15 is 0 Å². The summed E-state index contributed by atoms with van der Waals surface area (Å²) in [5.74, 6) is -1.15. The number of carbonyl (C=O) groups is 3. The average Bonchev–Trinajstić information content (AvgIpc) is 3.39. The first-order valence-corrected chi connectivity index (χ1v) is 9.47. The Balaban J connectivity index is 1.50. The number of rotatable bonds is 4. The molecule has 1 N–H and O–H groups in total. The third kappa shape index (κ3) is 2.95. The molecule has 0 radical (unpaired) electrons. The number of hydrogen-bond acceptors (Lipinski definition) is 6. The summed E-state index contributed by atoms with van der Waals surface area (Å²) >= 11 is 0. The fraction of sp³-hybridized carbons (Fsp3) is 0.300. The number of aromatic nitrogens is 4. The van der Waals surface area contributed by atoms with E-state index in [1.54, 1.807) is 17.8 Å². The van der Waals surface area contributed by atoms with Crippen molar-refractivity contribution < 1.29 is 14.4 Å². The maximum atomic E-state index is 13.3. The minimum atomic E-state index is -0.779. The summed E-state index contributed by atoms with van der Waals surface area (Å²) in [5, 5.41) is 11.5. The molecule has 1 atom stereocenters. The third-order valence-corrected chi connectivity index (χ3v) is 5.38. The van der Waals surface area contributed by atoms with Gasteiger partial charge in [-0.05, 0) is 44.0 Å². The summed E-state index contributed by atoms with van der Waals surface area (Å²) in [7, 11) is 0. The molecule has 1 saturated carbocycles. The van der Waals surface area contributed by atoms with Crippen LogP contribution < -0.4 is 5.32 Å². The number of nitrogens with zero attached hydrogens (tertiary/aromatic N) is 5. The number of hydrogen-bond donors (Lipinski definition) is 1. The van der Waals surface area contributed by atoms with Crippen molar-refractivity contribution in [3.63, 3.8) is 0 Å². The molecular weight excluding hydrogens is 372 g/mol. The Morgan fingerprint density at radius 3 is 2.79 bits per heavy atom. The van der Waals surface area contributed by atoms with Gasteiger partial charge in [0.25, 0.3) is 5.91 Å². The fourth-order valence-corrected chi connectivity index (χ4v) is 3.77. The minimum Gasteiger partial charge on any atom is -0.322 e. The van der Waals surface area contributed by atoms with Crippen molar-refractivity contribution >= 4 is 28.6 Å². The van der Waals surface area contributed by atoms with Gasteiger partial charge in [-0.25, -0.2) is 4.68 Å². The standard InChI is InChI=1S/C20H18N6O3/c1-11-18(20(29)25(13-4-5-13)16-10-17(27)22-19(16)28)23-24-26(11)14-6-7-15-12(9-14)3-2-8-21-15/h2-3,6-9,13,16H,4-5,10H2,1H3,(H,22,27,28). The van der Waals surface area contributed by atoms with Crippen LogP contribution in [-0.2, 0) is 9.59 Å². The monoisotopic (exact) mass is 390 g/mol. The molecule has 1 saturated heterocycles. The predicted octanol–water partition coefficient (Wildman–Crippen LogP) is 1.14. The van der Waals surface area contributed by atoms with Crippen LogP contribution in [0.3, 0.4) is 0 Å². The molecule has 29 heavy (non-hydrogen) atoms. The summed E-state index contributed by atoms with van der Waals surface area (Å²) in [6.45, 7) is 1.77. The largest absolute Gasteiger partial charge is 0.322 e. The van der Waals surface area contributed by atoms with Crippen molar-refractivity contribution in [1.82, 2.24) is 30.2 Å². The molecular formula is C20H18N6O3. The van der Waals surface area contributed by atoms with Gasteiger partial charge in [0, 0.05) is 17.6 Å². The number of imide groups is 1. The first kappa shape index (κ1) is 17.5. The van der Waals surface area contributed by atoms with Crippen LogP contribution in [-0.4, -0.2) is 54.7 Å². The molecule has 1 aliphatic heterocycles. The zero-order valence-corrected chi connectivity index (χ0v) is 15.7. The highest BCUT2D eigenvalue weighted by Crippen LogP contribution is 2.32. The van der Waals surface area contributed by atoms with E-state index in [1.165, 1.54) is 4.90 Å². The second kappa shape index (κ2) is 6.47. The molecule has 5 rings (SSSR count). The van der Waals surface area contributed by atoms with Crippen LogP contribution in [0.4, 0.5) is 0 Å². The number of nitrogens with one attached hydrogen (secondary N) is 1. The molecule has 1 aliphatic carbocycles. The molecule has 1 unspecified atom stereocenters. The van der Waals surface area contributed by atoms with Gasteiger partial charge in [-0.15, -0.1) is 5.10 Å². The Morgan fingerprint density at radius 2 is 2.07 bits per heavy atom. The lowest BCUT2D eigenvalue weighted by molar-refractivity contribution is -0.126. The minimum absolute atomic E-state index is 0.00800. The lowest BCUT2D eigenvalue weighted by atomic mass is 10.1. The van der Waals surface area contributed by atoms with Crippen LogP contribution in [0, 0.1) is 6.92 Å². The summed E-state index contributed by atoms with van der Waals surface area (Å²) in [6.07, 6.45) is 3.35. The summed E-state index contributed by atoms with van der Waals surface area (Å²) < 4.78 is 1.60. The van der Waals surface area contributed by atoms with E-state index in [2.05, 4.69) is 20.6 Å². The lowest BCUT2D eigenvalue weighted by Crippen LogP contribution is -2.46. The maximum absolute atomic E-state index is 13.3. The Kier molecular flexibility index (Phi) is 3.90. The molecule has 3 amide bonds. The Morgan fingerprint density at radius 1 is 1.24 bits per heavy atom. The van der Waals surface area contributed by atoms with Crippen molar-refractivity contribution in [1.29, 1.82) is 0 Å². The Bertz CT molecular complexity index is 1170. The molecule has 2 fully saturated rings. The second-order valence-corrected chi connectivity index (χ2v) is 7.39. The smallest absolute Gasteiger partial charge is 0.277 e. The van der Waals surface area contributed by atoms with E-state index in [0.29, 0.717) is 5.69 Å². The van der Waals surface area contributed by atoms with Crippen LogP contribution in [0.2, 0.25) is 0 Å². The molecule has 3 heterocycles. The predicted molar refractivity (Wildman–Crippen MR) is 102 cm³/mol. The lowest BCUT2D eigenvalue weighted by Gasteiger charge is -2.26. The van der Waals surface area contributed by atoms with E-state index in [0.717, 1.165) is 29.4 Å². The van der Waals surface area contributed by atoms with Gasteiger partial charge in [-0.1, -0.05) is 11.3 Å². The highest BCUT2D eigenvalue weighted by molar-refractivity contribution is 6.08. The number of pyridine rings is 1. The van der Waals surface area contributed by atoms with Crippen molar-refractivity contribution in [2.75, 3.05) is 0 Å². The first-order chi connectivity index (χ1) is 14.0. The fourth-order valence-electron chi connectivity index (χ4n) is 3.77. The van der Waals surface area contributed by atoms with Gasteiger partial charge in [0.15, 0.2) is 5.69 Å². The van der Waals surface area contributed by atoms with Crippen LogP contribution in [0.25, 0.3) is 16.6 Å². The molecule has 9 heteroatoms. The van der Waals surface area contributed by atoms with Gasteiger partial charge < -0.3 is 4.90 Å². The Labute approximate surface area is 165 Å². The van der Waals surface area contributed by atoms with Gasteiger partial charge in [-0.2, -0.15) is 0 Å². The van der Waals surface area contributed by atoms with Gasteiger partial charge in [0.2, 0.25) is 11.8 Å². The van der Waals surface area contributed by atoms with Crippen LogP contribution in [0.5, 0.6) is 0 Å². The quantitative estimate of drug-likeness (QED) is 0.669. The number of carbonyl (C=O) groups excluding carboxylic acids is 3. The molecule has 9 nitrogen and oxygen atoms in total. The Hall–Kier alpha value is -3.62. The number of benzene rings is 1. The van der Waals surface area contributed by atoms with Gasteiger partial charge >= 0.3 is 0 Å². The highest BCUT2D eigenvalue weighted by Gasteiger charge is 2.45. The third-order valence-electron chi connectivity index (χ3n) is 5.38. The molecule has 0 bridgehead atoms. The zero-order chi connectivity index (χ0) is 20.1. The van der Waals surface area contributed by atoms with E-state index in [4.69, 9.17) is 0 Å². The molecule has 1 aromatic carbocycles. The van der Waals surface area contributed by atoms with Crippen LogP contribution in [0.1, 0.15) is 35.4 Å². The molecule has 0 spiro atoms. The first-order valence-electron chi connectivity index (χ1n) is 9.47. The normalized spacial score (nSPS) is 18.9. The van der Waals surface area contributed by atoms with Gasteiger partial charge in [-0.3, -0.25) is 24.7 Å². The SMILES string of the molecule is Cc1c(C(=O)N(C2CC2)C2CC(=O)NC2=O)nnn1-c1ccc2ncccc2c1. The number of fused-ring (bicyclic) bond motifs is 1. The van der Waals surface area contributed by atoms with Crippen molar-refractivity contribution in [2.45, 2.75) is 38.3 Å². The zero-order valence-electron chi connectivity index (χ0n) is 15.7. The summed E-state index contributed by atoms with van der Waals surface area (Å²) in [5.41, 5.74) is 2.40. The van der Waals surface area contributed by atoms with Crippen LogP contribution >= 0.6 is 0 Å². The van der Waals surface area contributed by atoms with E-state index in [1.807, 2.05) is 30.3 Å². The van der Waals surface area contributed by atoms with Crippen molar-refractivity contribution in [2.24, 2.45) is 0 Å². The van der Waals surface area contributed by atoms with Crippen molar-refractivity contribution in [3.05, 3.63) is 47.9 Å². The van der Waals surface area contributed by atoms with Gasteiger partial charge in [0.05, 0.1) is 23.3 Å². The van der Waals surface area contributed by atoms with Crippen LogP contribution in [0.15, 0.2) is 36.5 Å². The molecule has 2 aliphatic rings. The van der Waals surface area contributed by atoms with E-state index < -0.39 is 11.9 Å².